The van der Waals surface area contributed by atoms with E-state index >= 15 is 0 Å². The van der Waals surface area contributed by atoms with E-state index in [1.807, 2.05) is 36.5 Å². The van der Waals surface area contributed by atoms with Crippen LogP contribution in [-0.2, 0) is 4.79 Å². The van der Waals surface area contributed by atoms with Crippen LogP contribution in [0.4, 0.5) is 4.39 Å². The highest BCUT2D eigenvalue weighted by atomic mass is 32.1. The second kappa shape index (κ2) is 7.91. The number of thiophene rings is 1. The first kappa shape index (κ1) is 16.5. The fourth-order valence-corrected chi connectivity index (χ4v) is 2.91. The lowest BCUT2D eigenvalue weighted by molar-refractivity contribution is -0.123. The van der Waals surface area contributed by atoms with Crippen LogP contribution < -0.4 is 10.1 Å². The highest BCUT2D eigenvalue weighted by Crippen LogP contribution is 2.22. The van der Waals surface area contributed by atoms with Crippen LogP contribution in [0.25, 0.3) is 0 Å². The molecule has 2 aromatic rings. The van der Waals surface area contributed by atoms with Gasteiger partial charge in [-0.3, -0.25) is 4.79 Å². The van der Waals surface area contributed by atoms with Gasteiger partial charge in [-0.05, 0) is 37.7 Å². The standard InChI is InChI=1S/C16H19FN2O2S/c1-19(2)13(15-8-5-9-22-15)10-18-16(20)11-21-14-7-4-3-6-12(14)17/h3-9,13H,10-11H2,1-2H3,(H,18,20)/t13-/m1/s1. The van der Waals surface area contributed by atoms with Crippen LogP contribution in [0.15, 0.2) is 41.8 Å². The predicted molar refractivity (Wildman–Crippen MR) is 85.7 cm³/mol. The van der Waals surface area contributed by atoms with Gasteiger partial charge < -0.3 is 15.0 Å². The van der Waals surface area contributed by atoms with Crippen molar-refractivity contribution in [3.63, 3.8) is 0 Å². The lowest BCUT2D eigenvalue weighted by Gasteiger charge is -2.23. The van der Waals surface area contributed by atoms with Crippen LogP contribution in [0.3, 0.4) is 0 Å². The summed E-state index contributed by atoms with van der Waals surface area (Å²) in [5, 5.41) is 4.83. The van der Waals surface area contributed by atoms with E-state index < -0.39 is 5.82 Å². The van der Waals surface area contributed by atoms with Crippen molar-refractivity contribution in [1.29, 1.82) is 0 Å². The van der Waals surface area contributed by atoms with Crippen LogP contribution in [0, 0.1) is 5.82 Å². The van der Waals surface area contributed by atoms with Gasteiger partial charge in [0.25, 0.3) is 5.91 Å². The molecule has 4 nitrogen and oxygen atoms in total. The van der Waals surface area contributed by atoms with Crippen LogP contribution in [0.2, 0.25) is 0 Å². The fourth-order valence-electron chi connectivity index (χ4n) is 1.99. The molecule has 0 spiro atoms. The minimum absolute atomic E-state index is 0.0834. The van der Waals surface area contributed by atoms with Crippen molar-refractivity contribution in [2.45, 2.75) is 6.04 Å². The summed E-state index contributed by atoms with van der Waals surface area (Å²) in [6.07, 6.45) is 0. The van der Waals surface area contributed by atoms with Crippen molar-refractivity contribution in [2.24, 2.45) is 0 Å². The second-order valence-electron chi connectivity index (χ2n) is 5.02. The fraction of sp³-hybridized carbons (Fsp3) is 0.312. The molecule has 1 heterocycles. The topological polar surface area (TPSA) is 41.6 Å². The second-order valence-corrected chi connectivity index (χ2v) is 6.00. The summed E-state index contributed by atoms with van der Waals surface area (Å²) in [4.78, 5) is 15.1. The molecule has 118 valence electrons. The van der Waals surface area contributed by atoms with Crippen LogP contribution in [-0.4, -0.2) is 38.1 Å². The average Bonchev–Trinajstić information content (AvgIpc) is 3.00. The lowest BCUT2D eigenvalue weighted by Crippen LogP contribution is -2.36. The molecule has 0 fully saturated rings. The van der Waals surface area contributed by atoms with Crippen LogP contribution in [0.5, 0.6) is 5.75 Å². The Morgan fingerprint density at radius 2 is 2.09 bits per heavy atom. The van der Waals surface area contributed by atoms with E-state index in [0.717, 1.165) is 0 Å². The quantitative estimate of drug-likeness (QED) is 0.852. The Bertz CT molecular complexity index is 602. The number of ether oxygens (including phenoxy) is 1. The Morgan fingerprint density at radius 1 is 1.32 bits per heavy atom. The molecule has 0 saturated carbocycles. The Kier molecular flexibility index (Phi) is 5.91. The zero-order chi connectivity index (χ0) is 15.9. The first-order chi connectivity index (χ1) is 10.6. The minimum Gasteiger partial charge on any atom is -0.481 e. The summed E-state index contributed by atoms with van der Waals surface area (Å²) >= 11 is 1.65. The SMILES string of the molecule is CN(C)[C@H](CNC(=O)COc1ccccc1F)c1cccs1. The maximum Gasteiger partial charge on any atom is 0.258 e. The van der Waals surface area contributed by atoms with Crippen molar-refractivity contribution in [3.8, 4) is 5.75 Å². The molecule has 1 atom stereocenters. The summed E-state index contributed by atoms with van der Waals surface area (Å²) in [6.45, 7) is 0.276. The van der Waals surface area contributed by atoms with E-state index in [2.05, 4.69) is 5.32 Å². The Balaban J connectivity index is 1.83. The van der Waals surface area contributed by atoms with Crippen molar-refractivity contribution < 1.29 is 13.9 Å². The normalized spacial score (nSPS) is 12.2. The molecule has 0 bridgehead atoms. The number of amides is 1. The molecule has 0 aliphatic heterocycles. The number of likely N-dealkylation sites (N-methyl/N-ethyl adjacent to an activating group) is 1. The molecular formula is C16H19FN2O2S. The van der Waals surface area contributed by atoms with E-state index in [9.17, 15) is 9.18 Å². The average molecular weight is 322 g/mol. The Morgan fingerprint density at radius 3 is 2.73 bits per heavy atom. The van der Waals surface area contributed by atoms with Gasteiger partial charge in [0.15, 0.2) is 18.2 Å². The van der Waals surface area contributed by atoms with E-state index in [1.165, 1.54) is 17.0 Å². The van der Waals surface area contributed by atoms with Crippen molar-refractivity contribution in [2.75, 3.05) is 27.2 Å². The molecule has 0 radical (unpaired) electrons. The molecule has 0 aliphatic rings. The van der Waals surface area contributed by atoms with Gasteiger partial charge in [-0.2, -0.15) is 0 Å². The van der Waals surface area contributed by atoms with Crippen molar-refractivity contribution >= 4 is 17.2 Å². The van der Waals surface area contributed by atoms with Crippen molar-refractivity contribution in [1.82, 2.24) is 10.2 Å². The van der Waals surface area contributed by atoms with E-state index in [0.29, 0.717) is 6.54 Å². The third kappa shape index (κ3) is 4.54. The summed E-state index contributed by atoms with van der Waals surface area (Å²) in [5.41, 5.74) is 0. The van der Waals surface area contributed by atoms with Gasteiger partial charge in [-0.25, -0.2) is 4.39 Å². The van der Waals surface area contributed by atoms with Gasteiger partial charge in [0.2, 0.25) is 0 Å². The van der Waals surface area contributed by atoms with Gasteiger partial charge in [-0.1, -0.05) is 18.2 Å². The van der Waals surface area contributed by atoms with E-state index in [4.69, 9.17) is 4.74 Å². The maximum absolute atomic E-state index is 13.4. The molecule has 1 amide bonds. The number of carbonyl (C=O) groups excluding carboxylic acids is 1. The third-order valence-electron chi connectivity index (χ3n) is 3.18. The number of hydrogen-bond donors (Lipinski definition) is 1. The molecule has 22 heavy (non-hydrogen) atoms. The van der Waals surface area contributed by atoms with Gasteiger partial charge in [0.05, 0.1) is 6.04 Å². The molecule has 2 rings (SSSR count). The highest BCUT2D eigenvalue weighted by Gasteiger charge is 2.16. The number of benzene rings is 1. The number of para-hydroxylation sites is 1. The number of halogens is 1. The summed E-state index contributed by atoms with van der Waals surface area (Å²) in [6, 6.07) is 10.2. The summed E-state index contributed by atoms with van der Waals surface area (Å²) in [5.74, 6) is -0.660. The number of hydrogen-bond acceptors (Lipinski definition) is 4. The van der Waals surface area contributed by atoms with Gasteiger partial charge in [-0.15, -0.1) is 11.3 Å². The third-order valence-corrected chi connectivity index (χ3v) is 4.16. The number of nitrogens with zero attached hydrogens (tertiary/aromatic N) is 1. The number of nitrogens with one attached hydrogen (secondary N) is 1. The predicted octanol–water partition coefficient (Wildman–Crippen LogP) is 2.69. The smallest absolute Gasteiger partial charge is 0.258 e. The molecule has 0 unspecified atom stereocenters. The van der Waals surface area contributed by atoms with Crippen LogP contribution in [0.1, 0.15) is 10.9 Å². The highest BCUT2D eigenvalue weighted by molar-refractivity contribution is 7.10. The van der Waals surface area contributed by atoms with Gasteiger partial charge >= 0.3 is 0 Å². The van der Waals surface area contributed by atoms with Gasteiger partial charge in [0, 0.05) is 11.4 Å². The monoisotopic (exact) mass is 322 g/mol. The molecule has 0 saturated heterocycles. The molecule has 1 aromatic carbocycles. The minimum atomic E-state index is -0.472. The maximum atomic E-state index is 13.4. The first-order valence-electron chi connectivity index (χ1n) is 6.92. The molecule has 1 aromatic heterocycles. The van der Waals surface area contributed by atoms with E-state index in [1.54, 1.807) is 23.5 Å². The Hall–Kier alpha value is -1.92. The number of carbonyl (C=O) groups is 1. The summed E-state index contributed by atoms with van der Waals surface area (Å²) < 4.78 is 18.6. The summed E-state index contributed by atoms with van der Waals surface area (Å²) in [7, 11) is 3.93. The molecule has 1 N–H and O–H groups in total. The first-order valence-corrected chi connectivity index (χ1v) is 7.79. The zero-order valence-corrected chi connectivity index (χ0v) is 13.4. The largest absolute Gasteiger partial charge is 0.481 e. The molecular weight excluding hydrogens is 303 g/mol. The van der Waals surface area contributed by atoms with Crippen LogP contribution >= 0.6 is 11.3 Å². The Labute approximate surface area is 133 Å². The van der Waals surface area contributed by atoms with Gasteiger partial charge in [0.1, 0.15) is 0 Å². The zero-order valence-electron chi connectivity index (χ0n) is 12.6. The molecule has 0 aliphatic carbocycles. The lowest BCUT2D eigenvalue weighted by atomic mass is 10.2. The number of rotatable bonds is 7. The van der Waals surface area contributed by atoms with Crippen molar-refractivity contribution in [3.05, 3.63) is 52.5 Å². The van der Waals surface area contributed by atoms with E-state index in [-0.39, 0.29) is 24.3 Å². The molecule has 6 heteroatoms.